The SMILES string of the molecule is COc1cc(Cl)c(C)cc1NC(=O)C(=O)N1CCc2ccccc21. The highest BCUT2D eigenvalue weighted by Crippen LogP contribution is 2.31. The van der Waals surface area contributed by atoms with Crippen LogP contribution in [0.1, 0.15) is 11.1 Å². The Kier molecular flexibility index (Phi) is 4.44. The van der Waals surface area contributed by atoms with Gasteiger partial charge in [0.15, 0.2) is 0 Å². The smallest absolute Gasteiger partial charge is 0.316 e. The van der Waals surface area contributed by atoms with Gasteiger partial charge in [0.05, 0.1) is 12.8 Å². The number of rotatable bonds is 2. The lowest BCUT2D eigenvalue weighted by atomic mass is 10.2. The van der Waals surface area contributed by atoms with Gasteiger partial charge in [-0.3, -0.25) is 9.59 Å². The van der Waals surface area contributed by atoms with Gasteiger partial charge < -0.3 is 15.0 Å². The van der Waals surface area contributed by atoms with Gasteiger partial charge in [-0.2, -0.15) is 0 Å². The molecule has 0 saturated heterocycles. The lowest BCUT2D eigenvalue weighted by Crippen LogP contribution is -2.38. The van der Waals surface area contributed by atoms with Gasteiger partial charge in [0.2, 0.25) is 0 Å². The molecule has 0 bridgehead atoms. The van der Waals surface area contributed by atoms with Crippen LogP contribution in [0.3, 0.4) is 0 Å². The standard InChI is InChI=1S/C18H17ClN2O3/c1-11-9-14(16(24-2)10-13(11)19)20-17(22)18(23)21-8-7-12-5-3-4-6-15(12)21/h3-6,9-10H,7-8H2,1-2H3,(H,20,22). The lowest BCUT2D eigenvalue weighted by Gasteiger charge is -2.17. The molecule has 24 heavy (non-hydrogen) atoms. The minimum atomic E-state index is -0.702. The van der Waals surface area contributed by atoms with Gasteiger partial charge in [-0.1, -0.05) is 29.8 Å². The van der Waals surface area contributed by atoms with Crippen LogP contribution in [0, 0.1) is 6.92 Å². The van der Waals surface area contributed by atoms with Crippen molar-refractivity contribution >= 4 is 34.8 Å². The monoisotopic (exact) mass is 344 g/mol. The van der Waals surface area contributed by atoms with Crippen molar-refractivity contribution in [1.29, 1.82) is 0 Å². The molecule has 1 aliphatic heterocycles. The van der Waals surface area contributed by atoms with Gasteiger partial charge in [0.25, 0.3) is 0 Å². The Morgan fingerprint density at radius 2 is 2.00 bits per heavy atom. The zero-order valence-corrected chi connectivity index (χ0v) is 14.2. The second kappa shape index (κ2) is 6.53. The number of amides is 2. The molecule has 0 unspecified atom stereocenters. The molecule has 2 amide bonds. The summed E-state index contributed by atoms with van der Waals surface area (Å²) in [5, 5.41) is 3.16. The lowest BCUT2D eigenvalue weighted by molar-refractivity contribution is -0.134. The molecule has 0 atom stereocenters. The van der Waals surface area contributed by atoms with Crippen molar-refractivity contribution < 1.29 is 14.3 Å². The first-order valence-electron chi connectivity index (χ1n) is 7.56. The van der Waals surface area contributed by atoms with Crippen LogP contribution in [0.4, 0.5) is 11.4 Å². The van der Waals surface area contributed by atoms with E-state index in [4.69, 9.17) is 16.3 Å². The molecule has 0 aromatic heterocycles. The van der Waals surface area contributed by atoms with E-state index < -0.39 is 11.8 Å². The van der Waals surface area contributed by atoms with Crippen LogP contribution in [-0.4, -0.2) is 25.5 Å². The first-order chi connectivity index (χ1) is 11.5. The molecular formula is C18H17ClN2O3. The molecule has 5 nitrogen and oxygen atoms in total. The average Bonchev–Trinajstić information content (AvgIpc) is 3.01. The Morgan fingerprint density at radius 1 is 1.25 bits per heavy atom. The zero-order chi connectivity index (χ0) is 17.3. The van der Waals surface area contributed by atoms with Gasteiger partial charge >= 0.3 is 11.8 Å². The molecule has 124 valence electrons. The average molecular weight is 345 g/mol. The van der Waals surface area contributed by atoms with Crippen LogP contribution in [0.2, 0.25) is 5.02 Å². The molecule has 0 aliphatic carbocycles. The summed E-state index contributed by atoms with van der Waals surface area (Å²) in [6, 6.07) is 10.9. The molecular weight excluding hydrogens is 328 g/mol. The van der Waals surface area contributed by atoms with E-state index >= 15 is 0 Å². The van der Waals surface area contributed by atoms with E-state index in [1.54, 1.807) is 12.1 Å². The summed E-state index contributed by atoms with van der Waals surface area (Å²) in [6.07, 6.45) is 0.749. The Hall–Kier alpha value is -2.53. The summed E-state index contributed by atoms with van der Waals surface area (Å²) in [6.45, 7) is 2.32. The third-order valence-corrected chi connectivity index (χ3v) is 4.46. The van der Waals surface area contributed by atoms with Crippen molar-refractivity contribution in [1.82, 2.24) is 0 Å². The summed E-state index contributed by atoms with van der Waals surface area (Å²) in [5.41, 5.74) is 3.06. The fourth-order valence-electron chi connectivity index (χ4n) is 2.78. The van der Waals surface area contributed by atoms with Crippen molar-refractivity contribution in [2.45, 2.75) is 13.3 Å². The molecule has 0 radical (unpaired) electrons. The molecule has 6 heteroatoms. The van der Waals surface area contributed by atoms with Crippen molar-refractivity contribution in [3.63, 3.8) is 0 Å². The maximum atomic E-state index is 12.5. The maximum absolute atomic E-state index is 12.5. The van der Waals surface area contributed by atoms with Crippen LogP contribution in [0.15, 0.2) is 36.4 Å². The number of aryl methyl sites for hydroxylation is 1. The van der Waals surface area contributed by atoms with E-state index in [2.05, 4.69) is 5.32 Å². The van der Waals surface area contributed by atoms with E-state index in [0.717, 1.165) is 23.2 Å². The minimum Gasteiger partial charge on any atom is -0.495 e. The summed E-state index contributed by atoms with van der Waals surface area (Å²) in [4.78, 5) is 26.4. The number of hydrogen-bond donors (Lipinski definition) is 1. The number of nitrogens with one attached hydrogen (secondary N) is 1. The number of fused-ring (bicyclic) bond motifs is 1. The Labute approximate surface area is 145 Å². The predicted octanol–water partition coefficient (Wildman–Crippen LogP) is 3.18. The number of anilines is 2. The van der Waals surface area contributed by atoms with Gasteiger partial charge in [-0.05, 0) is 36.6 Å². The number of ether oxygens (including phenoxy) is 1. The van der Waals surface area contributed by atoms with E-state index in [1.165, 1.54) is 12.0 Å². The van der Waals surface area contributed by atoms with Gasteiger partial charge in [0, 0.05) is 23.3 Å². The van der Waals surface area contributed by atoms with Crippen molar-refractivity contribution in [2.75, 3.05) is 23.9 Å². The quantitative estimate of drug-likeness (QED) is 0.851. The molecule has 0 spiro atoms. The number of para-hydroxylation sites is 1. The van der Waals surface area contributed by atoms with Crippen LogP contribution in [0.25, 0.3) is 0 Å². The number of nitrogens with zero attached hydrogens (tertiary/aromatic N) is 1. The number of carbonyl (C=O) groups is 2. The van der Waals surface area contributed by atoms with Crippen LogP contribution >= 0.6 is 11.6 Å². The number of halogens is 1. The Bertz CT molecular complexity index is 820. The fraction of sp³-hybridized carbons (Fsp3) is 0.222. The summed E-state index contributed by atoms with van der Waals surface area (Å²) < 4.78 is 5.22. The van der Waals surface area contributed by atoms with Gasteiger partial charge in [-0.15, -0.1) is 0 Å². The minimum absolute atomic E-state index is 0.411. The maximum Gasteiger partial charge on any atom is 0.316 e. The third kappa shape index (κ3) is 2.95. The van der Waals surface area contributed by atoms with Crippen molar-refractivity contribution in [2.24, 2.45) is 0 Å². The summed E-state index contributed by atoms with van der Waals surface area (Å²) >= 11 is 6.06. The van der Waals surface area contributed by atoms with E-state index in [0.29, 0.717) is 23.0 Å². The highest BCUT2D eigenvalue weighted by atomic mass is 35.5. The largest absolute Gasteiger partial charge is 0.495 e. The molecule has 0 fully saturated rings. The highest BCUT2D eigenvalue weighted by molar-refractivity contribution is 6.44. The Balaban J connectivity index is 1.81. The predicted molar refractivity (Wildman–Crippen MR) is 93.9 cm³/mol. The Morgan fingerprint density at radius 3 is 2.75 bits per heavy atom. The molecule has 2 aromatic carbocycles. The number of hydrogen-bond acceptors (Lipinski definition) is 3. The molecule has 1 heterocycles. The molecule has 0 saturated carbocycles. The normalized spacial score (nSPS) is 12.7. The van der Waals surface area contributed by atoms with Gasteiger partial charge in [0.1, 0.15) is 5.75 Å². The van der Waals surface area contributed by atoms with Gasteiger partial charge in [-0.25, -0.2) is 0 Å². The van der Waals surface area contributed by atoms with Crippen molar-refractivity contribution in [3.8, 4) is 5.75 Å². The molecule has 2 aromatic rings. The molecule has 1 N–H and O–H groups in total. The first kappa shape index (κ1) is 16.3. The summed E-state index contributed by atoms with van der Waals surface area (Å²) in [7, 11) is 1.48. The number of benzene rings is 2. The number of methoxy groups -OCH3 is 1. The molecule has 3 rings (SSSR count). The first-order valence-corrected chi connectivity index (χ1v) is 7.94. The van der Waals surface area contributed by atoms with E-state index in [1.807, 2.05) is 31.2 Å². The second-order valence-corrected chi connectivity index (χ2v) is 6.00. The van der Waals surface area contributed by atoms with Crippen LogP contribution < -0.4 is 15.0 Å². The van der Waals surface area contributed by atoms with Crippen molar-refractivity contribution in [3.05, 3.63) is 52.5 Å². The molecule has 1 aliphatic rings. The topological polar surface area (TPSA) is 58.6 Å². The van der Waals surface area contributed by atoms with E-state index in [-0.39, 0.29) is 0 Å². The highest BCUT2D eigenvalue weighted by Gasteiger charge is 2.29. The summed E-state index contributed by atoms with van der Waals surface area (Å²) in [5.74, 6) is -0.880. The number of carbonyl (C=O) groups excluding carboxylic acids is 2. The van der Waals surface area contributed by atoms with E-state index in [9.17, 15) is 9.59 Å². The third-order valence-electron chi connectivity index (χ3n) is 4.06. The zero-order valence-electron chi connectivity index (χ0n) is 13.4. The van der Waals surface area contributed by atoms with Crippen LogP contribution in [-0.2, 0) is 16.0 Å². The second-order valence-electron chi connectivity index (χ2n) is 5.59. The fourth-order valence-corrected chi connectivity index (χ4v) is 2.93. The van der Waals surface area contributed by atoms with Crippen LogP contribution in [0.5, 0.6) is 5.75 Å².